The van der Waals surface area contributed by atoms with Gasteiger partial charge in [-0.05, 0) is 77.9 Å². The lowest BCUT2D eigenvalue weighted by atomic mass is 9.90. The number of anilines is 2. The van der Waals surface area contributed by atoms with Gasteiger partial charge in [-0.3, -0.25) is 9.59 Å². The number of nitrogens with two attached hydrogens (primary N) is 1. The molecule has 0 fully saturated rings. The van der Waals surface area contributed by atoms with E-state index in [1.54, 1.807) is 28.4 Å². The molecular formula is C38H41N5O6. The average molecular weight is 664 g/mol. The number of hydrogen-bond acceptors (Lipinski definition) is 9. The van der Waals surface area contributed by atoms with Gasteiger partial charge in [0, 0.05) is 19.1 Å². The maximum atomic E-state index is 12.7. The second-order valence-electron chi connectivity index (χ2n) is 12.4. The summed E-state index contributed by atoms with van der Waals surface area (Å²) in [5.41, 5.74) is 14.0. The summed E-state index contributed by atoms with van der Waals surface area (Å²) in [6, 6.07) is 23.2. The van der Waals surface area contributed by atoms with E-state index in [0.29, 0.717) is 28.6 Å². The second kappa shape index (κ2) is 13.2. The van der Waals surface area contributed by atoms with Crippen LogP contribution in [-0.2, 0) is 6.42 Å². The highest BCUT2D eigenvalue weighted by molar-refractivity contribution is 6.04. The van der Waals surface area contributed by atoms with Gasteiger partial charge in [-0.25, -0.2) is 0 Å². The number of carbonyl (C=O) groups is 2. The van der Waals surface area contributed by atoms with Crippen LogP contribution in [0.5, 0.6) is 23.0 Å². The minimum Gasteiger partial charge on any atom is -0.493 e. The fraction of sp³-hybridized carbons (Fsp3) is 0.316. The van der Waals surface area contributed by atoms with Gasteiger partial charge in [-0.15, -0.1) is 0 Å². The van der Waals surface area contributed by atoms with Crippen molar-refractivity contribution in [3.63, 3.8) is 0 Å². The Hall–Kier alpha value is -5.42. The normalized spacial score (nSPS) is 20.1. The van der Waals surface area contributed by atoms with E-state index in [2.05, 4.69) is 26.5 Å². The highest BCUT2D eigenvalue weighted by atomic mass is 16.5. The Balaban J connectivity index is 0.000000154. The molecule has 254 valence electrons. The van der Waals surface area contributed by atoms with Crippen LogP contribution in [0.4, 0.5) is 11.4 Å². The molecule has 4 aliphatic heterocycles. The first-order valence-electron chi connectivity index (χ1n) is 16.5. The maximum absolute atomic E-state index is 12.7. The Morgan fingerprint density at radius 1 is 0.653 bits per heavy atom. The standard InChI is InChI=1S/C19H21N3O3.C19H20N2O3/c1-24-15-7-6-11(10-16(15)25-2)18-21-19(23)13-5-3-4-12-14(20)8-9-22(18)17(12)13;1-23-15-9-8-13(11-16(15)24-2)18-20-19(22)14-7-3-5-12-6-4-10-21(18)17(12)14/h3-7,10,14,18H,8-9,20H2,1-2H3,(H,21,23);3,5,7-9,11,18H,4,6,10H2,1-2H3,(H,20,22)/t14-,18-;18-/m01/s1. The molecule has 3 atom stereocenters. The number of ether oxygens (including phenoxy) is 4. The fourth-order valence-electron chi connectivity index (χ4n) is 7.43. The minimum atomic E-state index is -0.256. The molecule has 4 heterocycles. The molecule has 8 rings (SSSR count). The highest BCUT2D eigenvalue weighted by Gasteiger charge is 2.38. The molecule has 0 radical (unpaired) electrons. The van der Waals surface area contributed by atoms with E-state index in [1.165, 1.54) is 5.56 Å². The van der Waals surface area contributed by atoms with Crippen molar-refractivity contribution in [2.75, 3.05) is 51.3 Å². The van der Waals surface area contributed by atoms with Crippen LogP contribution in [0.15, 0.2) is 72.8 Å². The van der Waals surface area contributed by atoms with Crippen LogP contribution in [0.1, 0.15) is 74.2 Å². The molecule has 4 N–H and O–H groups in total. The summed E-state index contributed by atoms with van der Waals surface area (Å²) in [5, 5.41) is 6.23. The van der Waals surface area contributed by atoms with Crippen LogP contribution in [0, 0.1) is 0 Å². The molecule has 0 bridgehead atoms. The summed E-state index contributed by atoms with van der Waals surface area (Å²) in [7, 11) is 6.45. The van der Waals surface area contributed by atoms with Crippen LogP contribution in [0.3, 0.4) is 0 Å². The van der Waals surface area contributed by atoms with Gasteiger partial charge in [0.15, 0.2) is 23.0 Å². The predicted octanol–water partition coefficient (Wildman–Crippen LogP) is 5.25. The van der Waals surface area contributed by atoms with E-state index in [9.17, 15) is 9.59 Å². The molecule has 11 nitrogen and oxygen atoms in total. The first-order valence-corrected chi connectivity index (χ1v) is 16.5. The summed E-state index contributed by atoms with van der Waals surface area (Å²) in [5.74, 6) is 2.55. The number of benzene rings is 4. The minimum absolute atomic E-state index is 0.0233. The van der Waals surface area contributed by atoms with Gasteiger partial charge in [0.05, 0.1) is 50.9 Å². The molecule has 4 aliphatic rings. The maximum Gasteiger partial charge on any atom is 0.255 e. The molecule has 0 unspecified atom stereocenters. The molecule has 0 spiro atoms. The first-order chi connectivity index (χ1) is 23.9. The van der Waals surface area contributed by atoms with E-state index in [4.69, 9.17) is 24.7 Å². The molecule has 49 heavy (non-hydrogen) atoms. The Kier molecular flexibility index (Phi) is 8.68. The smallest absolute Gasteiger partial charge is 0.255 e. The quantitative estimate of drug-likeness (QED) is 0.253. The van der Waals surface area contributed by atoms with Crippen molar-refractivity contribution in [1.82, 2.24) is 10.6 Å². The van der Waals surface area contributed by atoms with Gasteiger partial charge in [-0.1, -0.05) is 36.4 Å². The number of rotatable bonds is 6. The van der Waals surface area contributed by atoms with Gasteiger partial charge in [0.2, 0.25) is 0 Å². The molecule has 2 amide bonds. The first kappa shape index (κ1) is 32.1. The predicted molar refractivity (Wildman–Crippen MR) is 187 cm³/mol. The van der Waals surface area contributed by atoms with Crippen molar-refractivity contribution in [2.24, 2.45) is 5.73 Å². The number of para-hydroxylation sites is 2. The molecule has 4 aromatic rings. The third-order valence-electron chi connectivity index (χ3n) is 9.78. The summed E-state index contributed by atoms with van der Waals surface area (Å²) < 4.78 is 21.5. The van der Waals surface area contributed by atoms with Crippen molar-refractivity contribution in [1.29, 1.82) is 0 Å². The second-order valence-corrected chi connectivity index (χ2v) is 12.4. The topological polar surface area (TPSA) is 128 Å². The summed E-state index contributed by atoms with van der Waals surface area (Å²) in [6.07, 6.45) is 2.50. The van der Waals surface area contributed by atoms with E-state index in [0.717, 1.165) is 66.0 Å². The van der Waals surface area contributed by atoms with Crippen molar-refractivity contribution < 1.29 is 28.5 Å². The van der Waals surface area contributed by atoms with E-state index in [-0.39, 0.29) is 30.2 Å². The highest BCUT2D eigenvalue weighted by Crippen LogP contribution is 2.44. The van der Waals surface area contributed by atoms with E-state index in [1.807, 2.05) is 66.7 Å². The SMILES string of the molecule is COc1ccc([C@@H]2NC(=O)c3cccc4c3N2CCC4)cc1OC.COc1ccc([C@H]2NC(=O)c3cccc4c3N2CC[C@@H]4N)cc1OC. The van der Waals surface area contributed by atoms with Crippen LogP contribution in [-0.4, -0.2) is 53.3 Å². The molecule has 0 aromatic heterocycles. The molecule has 0 saturated carbocycles. The number of amides is 2. The average Bonchev–Trinajstić information content (AvgIpc) is 3.15. The lowest BCUT2D eigenvalue weighted by Crippen LogP contribution is -2.49. The number of aryl methyl sites for hydroxylation is 1. The van der Waals surface area contributed by atoms with Crippen molar-refractivity contribution in [3.05, 3.63) is 106 Å². The van der Waals surface area contributed by atoms with Crippen LogP contribution >= 0.6 is 0 Å². The van der Waals surface area contributed by atoms with Gasteiger partial charge < -0.3 is 45.1 Å². The van der Waals surface area contributed by atoms with E-state index >= 15 is 0 Å². The number of nitrogens with one attached hydrogen (secondary N) is 2. The number of carbonyl (C=O) groups excluding carboxylic acids is 2. The van der Waals surface area contributed by atoms with Gasteiger partial charge >= 0.3 is 0 Å². The lowest BCUT2D eigenvalue weighted by molar-refractivity contribution is 0.0917. The van der Waals surface area contributed by atoms with Gasteiger partial charge in [-0.2, -0.15) is 0 Å². The molecule has 0 aliphatic carbocycles. The Labute approximate surface area is 285 Å². The van der Waals surface area contributed by atoms with Crippen molar-refractivity contribution >= 4 is 23.2 Å². The Morgan fingerprint density at radius 3 is 1.76 bits per heavy atom. The molecule has 0 saturated heterocycles. The van der Waals surface area contributed by atoms with Crippen LogP contribution in [0.2, 0.25) is 0 Å². The monoisotopic (exact) mass is 663 g/mol. The zero-order chi connectivity index (χ0) is 34.2. The van der Waals surface area contributed by atoms with Gasteiger partial charge in [0.25, 0.3) is 11.8 Å². The summed E-state index contributed by atoms with van der Waals surface area (Å²) >= 11 is 0. The summed E-state index contributed by atoms with van der Waals surface area (Å²) in [6.45, 7) is 1.70. The van der Waals surface area contributed by atoms with Crippen LogP contribution < -0.4 is 45.1 Å². The van der Waals surface area contributed by atoms with Crippen molar-refractivity contribution in [2.45, 2.75) is 37.6 Å². The van der Waals surface area contributed by atoms with E-state index < -0.39 is 0 Å². The summed E-state index contributed by atoms with van der Waals surface area (Å²) in [4.78, 5) is 29.8. The molecular weight excluding hydrogens is 622 g/mol. The third kappa shape index (κ3) is 5.63. The number of nitrogens with zero attached hydrogens (tertiary/aromatic N) is 2. The number of hydrogen-bond donors (Lipinski definition) is 3. The lowest BCUT2D eigenvalue weighted by Gasteiger charge is -2.44. The third-order valence-corrected chi connectivity index (χ3v) is 9.78. The molecule has 4 aromatic carbocycles. The Morgan fingerprint density at radius 2 is 1.18 bits per heavy atom. The Bertz CT molecular complexity index is 1910. The van der Waals surface area contributed by atoms with Crippen LogP contribution in [0.25, 0.3) is 0 Å². The molecule has 11 heteroatoms. The van der Waals surface area contributed by atoms with Crippen molar-refractivity contribution in [3.8, 4) is 23.0 Å². The fourth-order valence-corrected chi connectivity index (χ4v) is 7.43. The van der Waals surface area contributed by atoms with Gasteiger partial charge in [0.1, 0.15) is 12.3 Å². The largest absolute Gasteiger partial charge is 0.493 e. The number of methoxy groups -OCH3 is 4. The zero-order valence-electron chi connectivity index (χ0n) is 28.1. The zero-order valence-corrected chi connectivity index (χ0v) is 28.1.